The van der Waals surface area contributed by atoms with Crippen molar-refractivity contribution in [3.8, 4) is 0 Å². The number of halogens is 1. The van der Waals surface area contributed by atoms with Crippen molar-refractivity contribution < 1.29 is 19.1 Å². The molecule has 0 saturated carbocycles. The minimum absolute atomic E-state index is 0.0418. The van der Waals surface area contributed by atoms with Crippen LogP contribution in [0.3, 0.4) is 0 Å². The molecule has 5 nitrogen and oxygen atoms in total. The Kier molecular flexibility index (Phi) is 3.66. The highest BCUT2D eigenvalue weighted by Crippen LogP contribution is 2.17. The van der Waals surface area contributed by atoms with Crippen LogP contribution in [0.5, 0.6) is 0 Å². The third-order valence-electron chi connectivity index (χ3n) is 2.48. The number of hydrogen-bond donors (Lipinski definition) is 0. The fourth-order valence-electron chi connectivity index (χ4n) is 1.66. The Bertz CT molecular complexity index is 577. The summed E-state index contributed by atoms with van der Waals surface area (Å²) in [5, 5.41) is 0.503. The van der Waals surface area contributed by atoms with Crippen molar-refractivity contribution in [1.29, 1.82) is 0 Å². The molecule has 1 heterocycles. The monoisotopic (exact) mass is 279 g/mol. The molecule has 0 saturated heterocycles. The topological polar surface area (TPSA) is 63.7 Å². The maximum Gasteiger partial charge on any atom is 0.307 e. The lowest BCUT2D eigenvalue weighted by molar-refractivity contribution is -0.137. The van der Waals surface area contributed by atoms with E-state index in [1.54, 1.807) is 12.1 Å². The highest BCUT2D eigenvalue weighted by molar-refractivity contribution is 6.30. The van der Waals surface area contributed by atoms with Gasteiger partial charge in [0, 0.05) is 23.6 Å². The fourth-order valence-corrected chi connectivity index (χ4v) is 1.79. The van der Waals surface area contributed by atoms with Gasteiger partial charge in [0.25, 0.3) is 11.8 Å². The number of rotatable bonds is 2. The minimum Gasteiger partial charge on any atom is -0.429 e. The van der Waals surface area contributed by atoms with Crippen LogP contribution in [0.4, 0.5) is 0 Å². The zero-order chi connectivity index (χ0) is 14.0. The van der Waals surface area contributed by atoms with Crippen LogP contribution in [0, 0.1) is 0 Å². The number of esters is 1. The van der Waals surface area contributed by atoms with E-state index < -0.39 is 17.8 Å². The molecular formula is C13H10ClNO4. The van der Waals surface area contributed by atoms with Crippen LogP contribution in [0.25, 0.3) is 0 Å². The largest absolute Gasteiger partial charge is 0.429 e. The number of benzene rings is 1. The predicted molar refractivity (Wildman–Crippen MR) is 67.3 cm³/mol. The number of carbonyl (C=O) groups excluding carboxylic acids is 3. The summed E-state index contributed by atoms with van der Waals surface area (Å²) in [7, 11) is 0. The Morgan fingerprint density at radius 3 is 2.47 bits per heavy atom. The van der Waals surface area contributed by atoms with Crippen molar-refractivity contribution in [2.45, 2.75) is 6.92 Å². The standard InChI is InChI=1S/C13H10ClNO4/c1-8(16)19-11-6-12(17)15(7-11)13(18)9-2-4-10(14)5-3-9/h2-6H,7H2,1H3. The molecule has 0 N–H and O–H groups in total. The second kappa shape index (κ2) is 5.24. The number of nitrogens with zero attached hydrogens (tertiary/aromatic N) is 1. The van der Waals surface area contributed by atoms with Gasteiger partial charge >= 0.3 is 5.97 Å². The molecule has 0 bridgehead atoms. The number of ether oxygens (including phenoxy) is 1. The van der Waals surface area contributed by atoms with Crippen LogP contribution in [0.15, 0.2) is 36.1 Å². The summed E-state index contributed by atoms with van der Waals surface area (Å²) in [6, 6.07) is 6.19. The van der Waals surface area contributed by atoms with E-state index in [-0.39, 0.29) is 12.3 Å². The van der Waals surface area contributed by atoms with Gasteiger partial charge in [-0.25, -0.2) is 0 Å². The lowest BCUT2D eigenvalue weighted by atomic mass is 10.2. The summed E-state index contributed by atoms with van der Waals surface area (Å²) in [6.45, 7) is 1.19. The Hall–Kier alpha value is -2.14. The Labute approximate surface area is 114 Å². The third-order valence-corrected chi connectivity index (χ3v) is 2.73. The predicted octanol–water partition coefficient (Wildman–Crippen LogP) is 1.77. The van der Waals surface area contributed by atoms with Crippen LogP contribution in [0.1, 0.15) is 17.3 Å². The van der Waals surface area contributed by atoms with E-state index in [1.807, 2.05) is 0 Å². The normalized spacial score (nSPS) is 14.3. The Morgan fingerprint density at radius 2 is 1.89 bits per heavy atom. The van der Waals surface area contributed by atoms with Crippen molar-refractivity contribution in [2.75, 3.05) is 6.54 Å². The highest BCUT2D eigenvalue weighted by Gasteiger charge is 2.29. The van der Waals surface area contributed by atoms with Gasteiger partial charge in [-0.05, 0) is 24.3 Å². The molecule has 1 aliphatic heterocycles. The molecule has 98 valence electrons. The molecular weight excluding hydrogens is 270 g/mol. The molecule has 0 aromatic heterocycles. The lowest BCUT2D eigenvalue weighted by Crippen LogP contribution is -2.33. The average molecular weight is 280 g/mol. The maximum absolute atomic E-state index is 12.1. The highest BCUT2D eigenvalue weighted by atomic mass is 35.5. The molecule has 6 heteroatoms. The molecule has 0 fully saturated rings. The molecule has 1 aromatic rings. The summed E-state index contributed by atoms with van der Waals surface area (Å²) < 4.78 is 4.80. The second-order valence-corrected chi connectivity index (χ2v) is 4.38. The second-order valence-electron chi connectivity index (χ2n) is 3.94. The van der Waals surface area contributed by atoms with Gasteiger partial charge in [0.1, 0.15) is 5.76 Å². The van der Waals surface area contributed by atoms with E-state index in [2.05, 4.69) is 0 Å². The summed E-state index contributed by atoms with van der Waals surface area (Å²) in [4.78, 5) is 35.5. The van der Waals surface area contributed by atoms with Crippen LogP contribution in [0.2, 0.25) is 5.02 Å². The first-order chi connectivity index (χ1) is 8.97. The molecule has 0 aliphatic carbocycles. The molecule has 0 spiro atoms. The first-order valence-corrected chi connectivity index (χ1v) is 5.85. The summed E-state index contributed by atoms with van der Waals surface area (Å²) in [5.74, 6) is -1.32. The van der Waals surface area contributed by atoms with Gasteiger partial charge in [0.05, 0.1) is 6.54 Å². The van der Waals surface area contributed by atoms with Crippen molar-refractivity contribution >= 4 is 29.4 Å². The minimum atomic E-state index is -0.528. The maximum atomic E-state index is 12.1. The van der Waals surface area contributed by atoms with Gasteiger partial charge in [0.2, 0.25) is 0 Å². The zero-order valence-corrected chi connectivity index (χ0v) is 10.8. The molecule has 0 atom stereocenters. The van der Waals surface area contributed by atoms with Gasteiger partial charge in [-0.2, -0.15) is 0 Å². The van der Waals surface area contributed by atoms with E-state index in [0.29, 0.717) is 10.6 Å². The Balaban J connectivity index is 2.12. The number of carbonyl (C=O) groups is 3. The molecule has 2 rings (SSSR count). The quantitative estimate of drug-likeness (QED) is 0.611. The number of imide groups is 1. The van der Waals surface area contributed by atoms with Gasteiger partial charge < -0.3 is 4.74 Å². The third kappa shape index (κ3) is 3.00. The summed E-state index contributed by atoms with van der Waals surface area (Å²) in [5.41, 5.74) is 0.343. The van der Waals surface area contributed by atoms with Crippen molar-refractivity contribution in [3.05, 3.63) is 46.7 Å². The molecule has 0 unspecified atom stereocenters. The lowest BCUT2D eigenvalue weighted by Gasteiger charge is -2.14. The summed E-state index contributed by atoms with van der Waals surface area (Å²) >= 11 is 5.73. The molecule has 1 aromatic carbocycles. The number of hydrogen-bond acceptors (Lipinski definition) is 4. The van der Waals surface area contributed by atoms with Crippen molar-refractivity contribution in [1.82, 2.24) is 4.90 Å². The van der Waals surface area contributed by atoms with E-state index in [1.165, 1.54) is 19.1 Å². The van der Waals surface area contributed by atoms with Crippen LogP contribution >= 0.6 is 11.6 Å². The first-order valence-electron chi connectivity index (χ1n) is 5.48. The smallest absolute Gasteiger partial charge is 0.307 e. The first kappa shape index (κ1) is 13.3. The average Bonchev–Trinajstić information content (AvgIpc) is 2.69. The van der Waals surface area contributed by atoms with E-state index >= 15 is 0 Å². The van der Waals surface area contributed by atoms with E-state index in [9.17, 15) is 14.4 Å². The molecule has 0 radical (unpaired) electrons. The summed E-state index contributed by atoms with van der Waals surface area (Å²) in [6.07, 6.45) is 1.13. The van der Waals surface area contributed by atoms with Crippen LogP contribution in [-0.2, 0) is 14.3 Å². The van der Waals surface area contributed by atoms with Gasteiger partial charge in [-0.3, -0.25) is 19.3 Å². The zero-order valence-electron chi connectivity index (χ0n) is 10.1. The van der Waals surface area contributed by atoms with Crippen LogP contribution in [-0.4, -0.2) is 29.2 Å². The van der Waals surface area contributed by atoms with E-state index in [0.717, 1.165) is 11.0 Å². The number of amides is 2. The fraction of sp³-hybridized carbons (Fsp3) is 0.154. The van der Waals surface area contributed by atoms with Gasteiger partial charge in [0.15, 0.2) is 0 Å². The molecule has 19 heavy (non-hydrogen) atoms. The molecule has 1 aliphatic rings. The van der Waals surface area contributed by atoms with Crippen LogP contribution < -0.4 is 0 Å². The van der Waals surface area contributed by atoms with E-state index in [4.69, 9.17) is 16.3 Å². The Morgan fingerprint density at radius 1 is 1.26 bits per heavy atom. The van der Waals surface area contributed by atoms with Crippen molar-refractivity contribution in [2.24, 2.45) is 0 Å². The van der Waals surface area contributed by atoms with Crippen molar-refractivity contribution in [3.63, 3.8) is 0 Å². The van der Waals surface area contributed by atoms with Gasteiger partial charge in [-0.1, -0.05) is 11.6 Å². The SMILES string of the molecule is CC(=O)OC1=CC(=O)N(C(=O)c2ccc(Cl)cc2)C1. The van der Waals surface area contributed by atoms with Gasteiger partial charge in [-0.15, -0.1) is 0 Å². The molecule has 2 amide bonds.